The molecule has 0 unspecified atom stereocenters. The van der Waals surface area contributed by atoms with Crippen LogP contribution in [0.5, 0.6) is 11.5 Å². The Hall–Kier alpha value is -3.46. The minimum absolute atomic E-state index is 0.00306. The first kappa shape index (κ1) is 20.8. The Labute approximate surface area is 181 Å². The lowest BCUT2D eigenvalue weighted by Gasteiger charge is -2.13. The van der Waals surface area contributed by atoms with Gasteiger partial charge in [-0.2, -0.15) is 5.26 Å². The third kappa shape index (κ3) is 4.09. The molecule has 0 spiro atoms. The van der Waals surface area contributed by atoms with Gasteiger partial charge in [0.2, 0.25) is 0 Å². The molecule has 160 valence electrons. The molecule has 0 fully saturated rings. The number of hydrogen-bond acceptors (Lipinski definition) is 4. The summed E-state index contributed by atoms with van der Waals surface area (Å²) < 4.78 is 13.9. The second-order valence-electron chi connectivity index (χ2n) is 8.32. The first-order valence-corrected chi connectivity index (χ1v) is 10.5. The standard InChI is InChI=1S/C25H26N2O4/c1-15(2)31-23-7-4-17(10-19(23)13-26)14-30-20-5-6-22-21(12-20)16(3)25-18(11-24(28)29)8-9-27(22)25/h4-7,10,12,15,18H,8-9,11,14H2,1-3H3,(H,28,29)/t18-/m1/s1. The Morgan fingerprint density at radius 3 is 2.81 bits per heavy atom. The number of benzene rings is 2. The lowest BCUT2D eigenvalue weighted by Crippen LogP contribution is -2.07. The topological polar surface area (TPSA) is 84.5 Å². The van der Waals surface area contributed by atoms with Gasteiger partial charge in [-0.25, -0.2) is 0 Å². The van der Waals surface area contributed by atoms with Crippen LogP contribution < -0.4 is 9.47 Å². The van der Waals surface area contributed by atoms with E-state index < -0.39 is 5.97 Å². The van der Waals surface area contributed by atoms with Gasteiger partial charge in [-0.15, -0.1) is 0 Å². The first-order chi connectivity index (χ1) is 14.9. The molecule has 4 rings (SSSR count). The predicted octanol–water partition coefficient (Wildman–Crippen LogP) is 5.15. The van der Waals surface area contributed by atoms with E-state index in [9.17, 15) is 15.2 Å². The number of carbonyl (C=O) groups is 1. The van der Waals surface area contributed by atoms with Crippen LogP contribution in [0.25, 0.3) is 10.9 Å². The van der Waals surface area contributed by atoms with Crippen molar-refractivity contribution >= 4 is 16.9 Å². The van der Waals surface area contributed by atoms with Crippen LogP contribution in [-0.2, 0) is 17.9 Å². The van der Waals surface area contributed by atoms with Crippen molar-refractivity contribution < 1.29 is 19.4 Å². The molecule has 6 nitrogen and oxygen atoms in total. The van der Waals surface area contributed by atoms with Crippen molar-refractivity contribution in [3.8, 4) is 17.6 Å². The van der Waals surface area contributed by atoms with Gasteiger partial charge >= 0.3 is 5.97 Å². The van der Waals surface area contributed by atoms with Crippen LogP contribution in [0.3, 0.4) is 0 Å². The highest BCUT2D eigenvalue weighted by Crippen LogP contribution is 2.40. The number of hydrogen-bond donors (Lipinski definition) is 1. The number of carboxylic acids is 1. The molecule has 2 aromatic carbocycles. The van der Waals surface area contributed by atoms with Crippen molar-refractivity contribution in [3.63, 3.8) is 0 Å². The summed E-state index contributed by atoms with van der Waals surface area (Å²) in [5, 5.41) is 19.7. The molecule has 2 heterocycles. The quantitative estimate of drug-likeness (QED) is 0.574. The van der Waals surface area contributed by atoms with Crippen LogP contribution in [0.2, 0.25) is 0 Å². The largest absolute Gasteiger partial charge is 0.490 e. The van der Waals surface area contributed by atoms with E-state index in [1.165, 1.54) is 0 Å². The van der Waals surface area contributed by atoms with Gasteiger partial charge in [0.15, 0.2) is 0 Å². The van der Waals surface area contributed by atoms with Crippen molar-refractivity contribution in [3.05, 3.63) is 58.8 Å². The molecule has 1 N–H and O–H groups in total. The van der Waals surface area contributed by atoms with Crippen molar-refractivity contribution in [1.29, 1.82) is 5.26 Å². The van der Waals surface area contributed by atoms with Gasteiger partial charge in [0, 0.05) is 29.1 Å². The Morgan fingerprint density at radius 2 is 2.10 bits per heavy atom. The molecule has 0 aliphatic carbocycles. The molecule has 6 heteroatoms. The molecule has 0 bridgehead atoms. The van der Waals surface area contributed by atoms with Crippen molar-refractivity contribution in [2.75, 3.05) is 0 Å². The molecule has 3 aromatic rings. The van der Waals surface area contributed by atoms with E-state index >= 15 is 0 Å². The number of nitriles is 1. The van der Waals surface area contributed by atoms with Gasteiger partial charge < -0.3 is 19.1 Å². The summed E-state index contributed by atoms with van der Waals surface area (Å²) in [7, 11) is 0. The molecule has 1 aromatic heterocycles. The monoisotopic (exact) mass is 418 g/mol. The Morgan fingerprint density at radius 1 is 1.29 bits per heavy atom. The summed E-state index contributed by atoms with van der Waals surface area (Å²) >= 11 is 0. The molecular formula is C25H26N2O4. The molecule has 0 saturated heterocycles. The average molecular weight is 418 g/mol. The third-order valence-electron chi connectivity index (χ3n) is 5.78. The van der Waals surface area contributed by atoms with Gasteiger partial charge in [0.05, 0.1) is 18.1 Å². The Bertz CT molecular complexity index is 1190. The van der Waals surface area contributed by atoms with Crippen LogP contribution in [0, 0.1) is 18.3 Å². The van der Waals surface area contributed by atoms with Crippen molar-refractivity contribution in [2.45, 2.75) is 58.8 Å². The number of aromatic nitrogens is 1. The average Bonchev–Trinajstić information content (AvgIpc) is 3.26. The Balaban J connectivity index is 1.55. The summed E-state index contributed by atoms with van der Waals surface area (Å²) in [6.07, 6.45) is 1.04. The highest BCUT2D eigenvalue weighted by Gasteiger charge is 2.29. The smallest absolute Gasteiger partial charge is 0.304 e. The lowest BCUT2D eigenvalue weighted by atomic mass is 9.97. The molecular weight excluding hydrogens is 392 g/mol. The zero-order valence-corrected chi connectivity index (χ0v) is 18.0. The number of nitrogens with zero attached hydrogens (tertiary/aromatic N) is 2. The van der Waals surface area contributed by atoms with E-state index in [0.29, 0.717) is 17.9 Å². The zero-order chi connectivity index (χ0) is 22.1. The fourth-order valence-corrected chi connectivity index (χ4v) is 4.49. The predicted molar refractivity (Wildman–Crippen MR) is 118 cm³/mol. The highest BCUT2D eigenvalue weighted by molar-refractivity contribution is 5.87. The van der Waals surface area contributed by atoms with Crippen LogP contribution >= 0.6 is 0 Å². The second kappa shape index (κ2) is 8.35. The lowest BCUT2D eigenvalue weighted by molar-refractivity contribution is -0.137. The van der Waals surface area contributed by atoms with Crippen LogP contribution in [0.1, 0.15) is 55.0 Å². The van der Waals surface area contributed by atoms with Gasteiger partial charge in [0.25, 0.3) is 0 Å². The summed E-state index contributed by atoms with van der Waals surface area (Å²) in [6, 6.07) is 13.7. The van der Waals surface area contributed by atoms with Gasteiger partial charge in [0.1, 0.15) is 24.2 Å². The van der Waals surface area contributed by atoms with E-state index in [0.717, 1.165) is 46.4 Å². The maximum absolute atomic E-state index is 11.2. The fraction of sp³-hybridized carbons (Fsp3) is 0.360. The summed E-state index contributed by atoms with van der Waals surface area (Å²) in [6.45, 7) is 7.11. The van der Waals surface area contributed by atoms with E-state index in [2.05, 4.69) is 17.6 Å². The van der Waals surface area contributed by atoms with Crippen molar-refractivity contribution in [2.24, 2.45) is 0 Å². The highest BCUT2D eigenvalue weighted by atomic mass is 16.5. The number of aliphatic carboxylic acids is 1. The fourth-order valence-electron chi connectivity index (χ4n) is 4.49. The number of ether oxygens (including phenoxy) is 2. The first-order valence-electron chi connectivity index (χ1n) is 10.5. The minimum Gasteiger partial charge on any atom is -0.490 e. The summed E-state index contributed by atoms with van der Waals surface area (Å²) in [5.74, 6) is 0.632. The number of rotatable bonds is 7. The zero-order valence-electron chi connectivity index (χ0n) is 18.0. The molecule has 0 saturated carbocycles. The summed E-state index contributed by atoms with van der Waals surface area (Å²) in [5.41, 5.74) is 4.77. The van der Waals surface area contributed by atoms with E-state index in [1.807, 2.05) is 44.2 Å². The van der Waals surface area contributed by atoms with Crippen LogP contribution in [0.4, 0.5) is 0 Å². The molecule has 0 amide bonds. The maximum atomic E-state index is 11.2. The summed E-state index contributed by atoms with van der Waals surface area (Å²) in [4.78, 5) is 11.2. The number of fused-ring (bicyclic) bond motifs is 3. The SMILES string of the molecule is Cc1c2n(c3ccc(OCc4ccc(OC(C)C)c(C#N)c4)cc13)CC[C@@H]2CC(=O)O. The number of carboxylic acid groups (broad SMARTS) is 1. The van der Waals surface area contributed by atoms with Crippen LogP contribution in [-0.4, -0.2) is 21.7 Å². The molecule has 1 aliphatic heterocycles. The normalized spacial score (nSPS) is 15.1. The van der Waals surface area contributed by atoms with E-state index in [4.69, 9.17) is 9.47 Å². The number of aryl methyl sites for hydroxylation is 2. The minimum atomic E-state index is -0.756. The van der Waals surface area contributed by atoms with Gasteiger partial charge in [-0.1, -0.05) is 6.07 Å². The van der Waals surface area contributed by atoms with Crippen molar-refractivity contribution in [1.82, 2.24) is 4.57 Å². The molecule has 31 heavy (non-hydrogen) atoms. The van der Waals surface area contributed by atoms with Gasteiger partial charge in [-0.3, -0.25) is 4.79 Å². The third-order valence-corrected chi connectivity index (χ3v) is 5.78. The second-order valence-corrected chi connectivity index (χ2v) is 8.32. The molecule has 1 aliphatic rings. The van der Waals surface area contributed by atoms with Gasteiger partial charge in [-0.05, 0) is 68.7 Å². The Kier molecular flexibility index (Phi) is 5.60. The van der Waals surface area contributed by atoms with E-state index in [1.54, 1.807) is 6.07 Å². The van der Waals surface area contributed by atoms with Crippen LogP contribution in [0.15, 0.2) is 36.4 Å². The molecule has 0 radical (unpaired) electrons. The van der Waals surface area contributed by atoms with E-state index in [-0.39, 0.29) is 18.4 Å². The maximum Gasteiger partial charge on any atom is 0.304 e. The molecule has 1 atom stereocenters.